The first-order valence-electron chi connectivity index (χ1n) is 4.53. The van der Waals surface area contributed by atoms with Crippen LogP contribution in [-0.2, 0) is 4.74 Å². The van der Waals surface area contributed by atoms with Gasteiger partial charge < -0.3 is 9.47 Å². The van der Waals surface area contributed by atoms with Crippen LogP contribution in [0.25, 0.3) is 0 Å². The predicted octanol–water partition coefficient (Wildman–Crippen LogP) is 2.19. The zero-order chi connectivity index (χ0) is 9.71. The number of fused-ring (bicyclic) bond motifs is 3. The summed E-state index contributed by atoms with van der Waals surface area (Å²) in [5, 5.41) is 0. The topological polar surface area (TPSA) is 18.5 Å². The van der Waals surface area contributed by atoms with E-state index < -0.39 is 11.6 Å². The summed E-state index contributed by atoms with van der Waals surface area (Å²) in [5.41, 5.74) is 0.728. The number of benzene rings is 1. The van der Waals surface area contributed by atoms with Crippen LogP contribution in [0.1, 0.15) is 17.9 Å². The molecule has 0 N–H and O–H groups in total. The molecule has 0 radical (unpaired) electrons. The van der Waals surface area contributed by atoms with Crippen LogP contribution in [0.3, 0.4) is 0 Å². The van der Waals surface area contributed by atoms with Gasteiger partial charge in [0.2, 0.25) is 6.29 Å². The molecule has 0 aliphatic carbocycles. The van der Waals surface area contributed by atoms with Crippen LogP contribution in [0.2, 0.25) is 0 Å². The molecule has 2 aliphatic rings. The van der Waals surface area contributed by atoms with Crippen LogP contribution in [0.4, 0.5) is 8.78 Å². The lowest BCUT2D eigenvalue weighted by molar-refractivity contribution is -0.0338. The summed E-state index contributed by atoms with van der Waals surface area (Å²) in [7, 11) is 0. The lowest BCUT2D eigenvalue weighted by Gasteiger charge is -2.06. The Morgan fingerprint density at radius 3 is 2.86 bits per heavy atom. The highest BCUT2D eigenvalue weighted by Gasteiger charge is 2.39. The second-order valence-electron chi connectivity index (χ2n) is 3.56. The standard InChI is InChI=1S/C10H8F2O2/c11-7-3-6-5-1-2-13-10(5)14-9(6)4-8(7)12/h3-5,10H,1-2H2/t5-,10+/m0/s1. The summed E-state index contributed by atoms with van der Waals surface area (Å²) in [6.45, 7) is 0.619. The Morgan fingerprint density at radius 1 is 1.21 bits per heavy atom. The third kappa shape index (κ3) is 0.973. The maximum absolute atomic E-state index is 13.0. The summed E-state index contributed by atoms with van der Waals surface area (Å²) in [6, 6.07) is 2.30. The summed E-state index contributed by atoms with van der Waals surface area (Å²) >= 11 is 0. The third-order valence-corrected chi connectivity index (χ3v) is 2.73. The maximum atomic E-state index is 13.0. The van der Waals surface area contributed by atoms with E-state index in [0.717, 1.165) is 18.1 Å². The lowest BCUT2D eigenvalue weighted by Crippen LogP contribution is -2.13. The van der Waals surface area contributed by atoms with Crippen LogP contribution in [0.15, 0.2) is 12.1 Å². The highest BCUT2D eigenvalue weighted by atomic mass is 19.2. The Bertz CT molecular complexity index is 392. The van der Waals surface area contributed by atoms with Crippen molar-refractivity contribution in [3.8, 4) is 5.75 Å². The Morgan fingerprint density at radius 2 is 2.00 bits per heavy atom. The van der Waals surface area contributed by atoms with Crippen molar-refractivity contribution < 1.29 is 18.3 Å². The lowest BCUT2D eigenvalue weighted by atomic mass is 9.98. The van der Waals surface area contributed by atoms with E-state index in [0.29, 0.717) is 12.4 Å². The first kappa shape index (κ1) is 8.17. The molecule has 2 heterocycles. The average Bonchev–Trinajstić information content (AvgIpc) is 2.68. The van der Waals surface area contributed by atoms with Gasteiger partial charge in [-0.2, -0.15) is 0 Å². The van der Waals surface area contributed by atoms with Gasteiger partial charge in [0.1, 0.15) is 5.75 Å². The molecule has 14 heavy (non-hydrogen) atoms. The molecular weight excluding hydrogens is 190 g/mol. The van der Waals surface area contributed by atoms with Gasteiger partial charge in [-0.05, 0) is 12.5 Å². The van der Waals surface area contributed by atoms with Gasteiger partial charge in [-0.15, -0.1) is 0 Å². The van der Waals surface area contributed by atoms with Crippen molar-refractivity contribution in [3.05, 3.63) is 29.3 Å². The largest absolute Gasteiger partial charge is 0.464 e. The van der Waals surface area contributed by atoms with Crippen molar-refractivity contribution in [2.24, 2.45) is 0 Å². The Kier molecular flexibility index (Phi) is 1.56. The third-order valence-electron chi connectivity index (χ3n) is 2.73. The van der Waals surface area contributed by atoms with Crippen LogP contribution in [0, 0.1) is 11.6 Å². The first-order chi connectivity index (χ1) is 6.75. The fourth-order valence-corrected chi connectivity index (χ4v) is 2.04. The van der Waals surface area contributed by atoms with E-state index in [4.69, 9.17) is 9.47 Å². The normalized spacial score (nSPS) is 28.4. The molecular formula is C10H8F2O2. The van der Waals surface area contributed by atoms with Crippen LogP contribution < -0.4 is 4.74 Å². The maximum Gasteiger partial charge on any atom is 0.206 e. The van der Waals surface area contributed by atoms with Gasteiger partial charge >= 0.3 is 0 Å². The zero-order valence-electron chi connectivity index (χ0n) is 7.30. The molecule has 1 aromatic carbocycles. The van der Waals surface area contributed by atoms with Gasteiger partial charge in [0.15, 0.2) is 11.6 Å². The quantitative estimate of drug-likeness (QED) is 0.636. The Labute approximate surface area is 79.4 Å². The number of hydrogen-bond donors (Lipinski definition) is 0. The molecule has 0 amide bonds. The monoisotopic (exact) mass is 198 g/mol. The van der Waals surface area contributed by atoms with E-state index in [9.17, 15) is 8.78 Å². The van der Waals surface area contributed by atoms with Crippen LogP contribution >= 0.6 is 0 Å². The fraction of sp³-hybridized carbons (Fsp3) is 0.400. The van der Waals surface area contributed by atoms with Crippen molar-refractivity contribution in [1.29, 1.82) is 0 Å². The smallest absolute Gasteiger partial charge is 0.206 e. The van der Waals surface area contributed by atoms with Gasteiger partial charge in [0, 0.05) is 11.6 Å². The molecule has 2 nitrogen and oxygen atoms in total. The van der Waals surface area contributed by atoms with Gasteiger partial charge in [0.25, 0.3) is 0 Å². The molecule has 2 atom stereocenters. The summed E-state index contributed by atoms with van der Waals surface area (Å²) in [4.78, 5) is 0. The van der Waals surface area contributed by atoms with Gasteiger partial charge in [0.05, 0.1) is 12.5 Å². The number of rotatable bonds is 0. The van der Waals surface area contributed by atoms with Crippen molar-refractivity contribution in [2.75, 3.05) is 6.61 Å². The van der Waals surface area contributed by atoms with Gasteiger partial charge in [-0.1, -0.05) is 0 Å². The Hall–Kier alpha value is -1.16. The van der Waals surface area contributed by atoms with Crippen molar-refractivity contribution in [2.45, 2.75) is 18.6 Å². The van der Waals surface area contributed by atoms with E-state index in [1.807, 2.05) is 0 Å². The van der Waals surface area contributed by atoms with E-state index >= 15 is 0 Å². The van der Waals surface area contributed by atoms with E-state index in [2.05, 4.69) is 0 Å². The number of ether oxygens (including phenoxy) is 2. The minimum atomic E-state index is -0.872. The molecule has 4 heteroatoms. The van der Waals surface area contributed by atoms with Crippen molar-refractivity contribution in [1.82, 2.24) is 0 Å². The highest BCUT2D eigenvalue weighted by molar-refractivity contribution is 5.41. The Balaban J connectivity index is 2.11. The summed E-state index contributed by atoms with van der Waals surface area (Å²) in [6.07, 6.45) is 0.467. The summed E-state index contributed by atoms with van der Waals surface area (Å²) < 4.78 is 36.4. The van der Waals surface area contributed by atoms with Crippen molar-refractivity contribution in [3.63, 3.8) is 0 Å². The highest BCUT2D eigenvalue weighted by Crippen LogP contribution is 2.44. The minimum absolute atomic E-state index is 0.0695. The molecule has 1 aromatic rings. The van der Waals surface area contributed by atoms with Crippen LogP contribution in [-0.4, -0.2) is 12.9 Å². The van der Waals surface area contributed by atoms with Gasteiger partial charge in [-0.3, -0.25) is 0 Å². The molecule has 74 valence electrons. The predicted molar refractivity (Wildman–Crippen MR) is 44.1 cm³/mol. The molecule has 1 saturated heterocycles. The second kappa shape index (κ2) is 2.67. The first-order valence-corrected chi connectivity index (χ1v) is 4.53. The van der Waals surface area contributed by atoms with E-state index in [1.54, 1.807) is 0 Å². The SMILES string of the molecule is Fc1cc2c(cc1F)[C@@H]1CCO[C@@H]1O2. The van der Waals surface area contributed by atoms with Gasteiger partial charge in [-0.25, -0.2) is 8.78 Å². The van der Waals surface area contributed by atoms with E-state index in [1.165, 1.54) is 6.07 Å². The molecule has 0 spiro atoms. The molecule has 0 bridgehead atoms. The molecule has 0 aromatic heterocycles. The minimum Gasteiger partial charge on any atom is -0.464 e. The molecule has 1 fully saturated rings. The molecule has 0 unspecified atom stereocenters. The van der Waals surface area contributed by atoms with Crippen LogP contribution in [0.5, 0.6) is 5.75 Å². The zero-order valence-corrected chi connectivity index (χ0v) is 7.30. The molecule has 2 aliphatic heterocycles. The second-order valence-corrected chi connectivity index (χ2v) is 3.56. The fourth-order valence-electron chi connectivity index (χ4n) is 2.04. The average molecular weight is 198 g/mol. The summed E-state index contributed by atoms with van der Waals surface area (Å²) in [5.74, 6) is -1.21. The molecule has 3 rings (SSSR count). The van der Waals surface area contributed by atoms with Crippen molar-refractivity contribution >= 4 is 0 Å². The van der Waals surface area contributed by atoms with E-state index in [-0.39, 0.29) is 12.2 Å². The molecule has 0 saturated carbocycles. The number of halogens is 2. The number of hydrogen-bond acceptors (Lipinski definition) is 2.